The molecule has 1 aromatic heterocycles. The molecule has 0 bridgehead atoms. The van der Waals surface area contributed by atoms with E-state index in [-0.39, 0.29) is 4.90 Å². The summed E-state index contributed by atoms with van der Waals surface area (Å²) in [7, 11) is -4.14. The zero-order chi connectivity index (χ0) is 9.47. The van der Waals surface area contributed by atoms with Crippen LogP contribution in [0.4, 0.5) is 0 Å². The molecule has 0 unspecified atom stereocenters. The predicted octanol–water partition coefficient (Wildman–Crippen LogP) is 1.07. The van der Waals surface area contributed by atoms with Gasteiger partial charge in [0.25, 0.3) is 10.1 Å². The first-order chi connectivity index (χ1) is 6.07. The number of rotatable bonds is 1. The van der Waals surface area contributed by atoms with Gasteiger partial charge < -0.3 is 4.52 Å². The lowest BCUT2D eigenvalue weighted by atomic mass is 10.3. The summed E-state index contributed by atoms with van der Waals surface area (Å²) in [6, 6.07) is 4.02. The highest BCUT2D eigenvalue weighted by atomic mass is 32.2. The van der Waals surface area contributed by atoms with Crippen molar-refractivity contribution in [2.24, 2.45) is 0 Å². The van der Waals surface area contributed by atoms with Crippen LogP contribution in [0, 0.1) is 0 Å². The van der Waals surface area contributed by atoms with E-state index in [0.29, 0.717) is 10.9 Å². The summed E-state index contributed by atoms with van der Waals surface area (Å²) in [5, 5.41) is 4.13. The van der Waals surface area contributed by atoms with Crippen molar-refractivity contribution in [3.63, 3.8) is 0 Å². The maximum Gasteiger partial charge on any atom is 0.294 e. The Kier molecular flexibility index (Phi) is 1.61. The Morgan fingerprint density at radius 3 is 2.85 bits per heavy atom. The van der Waals surface area contributed by atoms with Gasteiger partial charge in [-0.3, -0.25) is 4.55 Å². The molecule has 0 aliphatic heterocycles. The third kappa shape index (κ3) is 1.41. The third-order valence-corrected chi connectivity index (χ3v) is 2.48. The molecule has 0 fully saturated rings. The van der Waals surface area contributed by atoms with Gasteiger partial charge in [0, 0.05) is 5.39 Å². The van der Waals surface area contributed by atoms with Gasteiger partial charge in [0.15, 0.2) is 0 Å². The molecule has 0 atom stereocenters. The molecule has 0 radical (unpaired) electrons. The third-order valence-electron chi connectivity index (χ3n) is 1.63. The summed E-state index contributed by atoms with van der Waals surface area (Å²) in [6.07, 6.45) is 1.31. The molecule has 2 rings (SSSR count). The zero-order valence-corrected chi connectivity index (χ0v) is 7.15. The Morgan fingerprint density at radius 1 is 1.38 bits per heavy atom. The maximum atomic E-state index is 10.7. The van der Waals surface area contributed by atoms with Gasteiger partial charge in [-0.15, -0.1) is 0 Å². The predicted molar refractivity (Wildman–Crippen MR) is 43.8 cm³/mol. The zero-order valence-electron chi connectivity index (χ0n) is 6.34. The molecule has 5 nitrogen and oxygen atoms in total. The van der Waals surface area contributed by atoms with Crippen molar-refractivity contribution in [1.82, 2.24) is 5.16 Å². The van der Waals surface area contributed by atoms with Gasteiger partial charge in [0.2, 0.25) is 0 Å². The number of nitrogens with zero attached hydrogens (tertiary/aromatic N) is 1. The molecule has 0 aliphatic carbocycles. The summed E-state index contributed by atoms with van der Waals surface area (Å²) in [6.45, 7) is 0. The molecule has 2 aromatic rings. The molecule has 6 heteroatoms. The molecule has 0 spiro atoms. The smallest absolute Gasteiger partial charge is 0.294 e. The van der Waals surface area contributed by atoms with Crippen LogP contribution in [-0.4, -0.2) is 18.1 Å². The number of hydrogen-bond acceptors (Lipinski definition) is 4. The molecule has 0 saturated heterocycles. The second-order valence-corrected chi connectivity index (χ2v) is 3.93. The largest absolute Gasteiger partial charge is 0.364 e. The lowest BCUT2D eigenvalue weighted by Gasteiger charge is -1.94. The number of benzene rings is 1. The number of fused-ring (bicyclic) bond motifs is 1. The standard InChI is InChI=1S/C7H5NO4S/c9-13(10,11)6-1-2-7-5(3-6)4-12-8-7/h1-4H,(H,9,10,11). The number of hydrogen-bond donors (Lipinski definition) is 1. The monoisotopic (exact) mass is 199 g/mol. The Hall–Kier alpha value is -1.40. The molecule has 1 heterocycles. The minimum Gasteiger partial charge on any atom is -0.364 e. The molecular weight excluding hydrogens is 194 g/mol. The molecular formula is C7H5NO4S. The maximum absolute atomic E-state index is 10.7. The van der Waals surface area contributed by atoms with E-state index in [1.807, 2.05) is 0 Å². The fourth-order valence-electron chi connectivity index (χ4n) is 1.01. The SMILES string of the molecule is O=S(=O)(O)c1ccc2nocc2c1. The Balaban J connectivity index is 2.75. The van der Waals surface area contributed by atoms with E-state index < -0.39 is 10.1 Å². The van der Waals surface area contributed by atoms with Crippen LogP contribution >= 0.6 is 0 Å². The summed E-state index contributed by atoms with van der Waals surface area (Å²) in [5.41, 5.74) is 0.549. The van der Waals surface area contributed by atoms with E-state index in [9.17, 15) is 8.42 Å². The van der Waals surface area contributed by atoms with Crippen molar-refractivity contribution in [2.45, 2.75) is 4.90 Å². The van der Waals surface area contributed by atoms with E-state index in [1.54, 1.807) is 0 Å². The first-order valence-corrected chi connectivity index (χ1v) is 4.83. The molecule has 13 heavy (non-hydrogen) atoms. The Morgan fingerprint density at radius 2 is 2.15 bits per heavy atom. The summed E-state index contributed by atoms with van der Waals surface area (Å²) in [4.78, 5) is -0.164. The highest BCUT2D eigenvalue weighted by Crippen LogP contribution is 2.17. The van der Waals surface area contributed by atoms with Gasteiger partial charge in [-0.25, -0.2) is 0 Å². The normalized spacial score (nSPS) is 12.1. The second kappa shape index (κ2) is 2.54. The van der Waals surface area contributed by atoms with Crippen LogP contribution in [0.2, 0.25) is 0 Å². The van der Waals surface area contributed by atoms with Crippen LogP contribution < -0.4 is 0 Å². The van der Waals surface area contributed by atoms with Gasteiger partial charge >= 0.3 is 0 Å². The van der Waals surface area contributed by atoms with Gasteiger partial charge in [-0.1, -0.05) is 5.16 Å². The van der Waals surface area contributed by atoms with Crippen molar-refractivity contribution < 1.29 is 17.5 Å². The molecule has 68 valence electrons. The minimum atomic E-state index is -4.14. The highest BCUT2D eigenvalue weighted by Gasteiger charge is 2.10. The first kappa shape index (κ1) is 8.21. The fraction of sp³-hybridized carbons (Fsp3) is 0. The van der Waals surface area contributed by atoms with Crippen molar-refractivity contribution in [2.75, 3.05) is 0 Å². The second-order valence-electron chi connectivity index (χ2n) is 2.51. The van der Waals surface area contributed by atoms with Crippen LogP contribution in [-0.2, 0) is 10.1 Å². The molecule has 0 saturated carbocycles. The molecule has 0 aliphatic rings. The van der Waals surface area contributed by atoms with Gasteiger partial charge in [-0.05, 0) is 18.2 Å². The van der Waals surface area contributed by atoms with Crippen molar-refractivity contribution in [1.29, 1.82) is 0 Å². The molecule has 1 aromatic carbocycles. The quantitative estimate of drug-likeness (QED) is 0.695. The van der Waals surface area contributed by atoms with Crippen molar-refractivity contribution in [3.8, 4) is 0 Å². The van der Waals surface area contributed by atoms with E-state index in [4.69, 9.17) is 4.55 Å². The van der Waals surface area contributed by atoms with E-state index in [1.165, 1.54) is 24.5 Å². The van der Waals surface area contributed by atoms with Crippen molar-refractivity contribution >= 4 is 21.0 Å². The summed E-state index contributed by atoms with van der Waals surface area (Å²) in [5.74, 6) is 0. The van der Waals surface area contributed by atoms with Crippen LogP contribution in [0.3, 0.4) is 0 Å². The average Bonchev–Trinajstić information content (AvgIpc) is 2.47. The van der Waals surface area contributed by atoms with Crippen LogP contribution in [0.5, 0.6) is 0 Å². The average molecular weight is 199 g/mol. The Bertz CT molecular complexity index is 542. The Labute approximate surface area is 73.7 Å². The van der Waals surface area contributed by atoms with E-state index >= 15 is 0 Å². The summed E-state index contributed by atoms with van der Waals surface area (Å²) < 4.78 is 34.7. The van der Waals surface area contributed by atoms with Gasteiger partial charge in [-0.2, -0.15) is 8.42 Å². The van der Waals surface area contributed by atoms with Gasteiger partial charge in [0.1, 0.15) is 11.8 Å². The minimum absolute atomic E-state index is 0.164. The van der Waals surface area contributed by atoms with Gasteiger partial charge in [0.05, 0.1) is 4.90 Å². The molecule has 1 N–H and O–H groups in total. The summed E-state index contributed by atoms with van der Waals surface area (Å²) >= 11 is 0. The molecule has 0 amide bonds. The lowest BCUT2D eigenvalue weighted by Crippen LogP contribution is -1.96. The first-order valence-electron chi connectivity index (χ1n) is 3.39. The van der Waals surface area contributed by atoms with Crippen molar-refractivity contribution in [3.05, 3.63) is 24.5 Å². The number of aromatic nitrogens is 1. The highest BCUT2D eigenvalue weighted by molar-refractivity contribution is 7.85. The van der Waals surface area contributed by atoms with Crippen LogP contribution in [0.1, 0.15) is 0 Å². The van der Waals surface area contributed by atoms with Crippen LogP contribution in [0.25, 0.3) is 10.9 Å². The fourth-order valence-corrected chi connectivity index (χ4v) is 1.53. The van der Waals surface area contributed by atoms with E-state index in [0.717, 1.165) is 0 Å². The van der Waals surface area contributed by atoms with Crippen LogP contribution in [0.15, 0.2) is 33.9 Å². The topological polar surface area (TPSA) is 80.4 Å². The van der Waals surface area contributed by atoms with E-state index in [2.05, 4.69) is 9.68 Å². The lowest BCUT2D eigenvalue weighted by molar-refractivity contribution is 0.428.